The number of ether oxygens (including phenoxy) is 1. The molecule has 3 unspecified atom stereocenters. The predicted molar refractivity (Wildman–Crippen MR) is 120 cm³/mol. The van der Waals surface area contributed by atoms with Crippen molar-refractivity contribution in [3.05, 3.63) is 0 Å². The van der Waals surface area contributed by atoms with Gasteiger partial charge in [-0.25, -0.2) is 5.43 Å². The third-order valence-corrected chi connectivity index (χ3v) is 8.70. The molecule has 4 atom stereocenters. The van der Waals surface area contributed by atoms with Gasteiger partial charge in [0.05, 0.1) is 6.10 Å². The summed E-state index contributed by atoms with van der Waals surface area (Å²) in [5.74, 6) is 2.45. The third-order valence-electron chi connectivity index (χ3n) is 8.70. The second kappa shape index (κ2) is 10.8. The maximum atomic E-state index is 13.4. The van der Waals surface area contributed by atoms with E-state index in [0.717, 1.165) is 25.9 Å². The van der Waals surface area contributed by atoms with E-state index in [4.69, 9.17) is 4.74 Å². The van der Waals surface area contributed by atoms with Gasteiger partial charge in [-0.2, -0.15) is 0 Å². The summed E-state index contributed by atoms with van der Waals surface area (Å²) in [7, 11) is 1.83. The average Bonchev–Trinajstić information content (AvgIpc) is 3.20. The van der Waals surface area contributed by atoms with Gasteiger partial charge in [-0.1, -0.05) is 26.2 Å². The van der Waals surface area contributed by atoms with E-state index in [0.29, 0.717) is 41.9 Å². The largest absolute Gasteiger partial charge is 0.381 e. The summed E-state index contributed by atoms with van der Waals surface area (Å²) in [5.41, 5.74) is 6.90. The molecular weight excluding hydrogens is 376 g/mol. The number of rotatable bonds is 6. The lowest BCUT2D eigenvalue weighted by Crippen LogP contribution is -2.54. The van der Waals surface area contributed by atoms with Gasteiger partial charge in [0.25, 0.3) is 0 Å². The van der Waals surface area contributed by atoms with Crippen LogP contribution in [0.4, 0.5) is 0 Å². The number of carbonyl (C=O) groups excluding carboxylic acids is 1. The summed E-state index contributed by atoms with van der Waals surface area (Å²) in [6, 6.07) is 0.618. The molecule has 2 aliphatic carbocycles. The van der Waals surface area contributed by atoms with Crippen molar-refractivity contribution in [3.8, 4) is 0 Å². The van der Waals surface area contributed by atoms with Crippen molar-refractivity contribution in [1.29, 1.82) is 0 Å². The highest BCUT2D eigenvalue weighted by Gasteiger charge is 2.43. The van der Waals surface area contributed by atoms with Crippen LogP contribution in [0.25, 0.3) is 0 Å². The molecule has 0 aromatic carbocycles. The lowest BCUT2D eigenvalue weighted by molar-refractivity contribution is -0.125. The number of nitrogens with one attached hydrogen (secondary N) is 4. The highest BCUT2D eigenvalue weighted by atomic mass is 16.5. The van der Waals surface area contributed by atoms with Crippen molar-refractivity contribution in [1.82, 2.24) is 21.5 Å². The van der Waals surface area contributed by atoms with E-state index in [2.05, 4.69) is 28.4 Å². The van der Waals surface area contributed by atoms with Crippen molar-refractivity contribution in [2.24, 2.45) is 23.7 Å². The Kier molecular flexibility index (Phi) is 8.07. The Morgan fingerprint density at radius 2 is 1.57 bits per heavy atom. The molecule has 2 saturated heterocycles. The Morgan fingerprint density at radius 3 is 2.23 bits per heavy atom. The Labute approximate surface area is 183 Å². The van der Waals surface area contributed by atoms with Crippen LogP contribution in [-0.2, 0) is 9.53 Å². The van der Waals surface area contributed by atoms with E-state index in [-0.39, 0.29) is 11.9 Å². The highest BCUT2D eigenvalue weighted by Crippen LogP contribution is 2.35. The molecule has 4 fully saturated rings. The van der Waals surface area contributed by atoms with Crippen LogP contribution in [0.3, 0.4) is 0 Å². The molecule has 1 amide bonds. The summed E-state index contributed by atoms with van der Waals surface area (Å²) >= 11 is 0. The topological polar surface area (TPSA) is 74.4 Å². The zero-order valence-electron chi connectivity index (χ0n) is 19.1. The Hall–Kier alpha value is -0.690. The minimum atomic E-state index is -0.114. The second-order valence-electron chi connectivity index (χ2n) is 10.4. The monoisotopic (exact) mass is 420 g/mol. The van der Waals surface area contributed by atoms with Crippen LogP contribution < -0.4 is 21.5 Å². The first kappa shape index (κ1) is 22.5. The van der Waals surface area contributed by atoms with Gasteiger partial charge in [0.1, 0.15) is 6.04 Å². The van der Waals surface area contributed by atoms with Gasteiger partial charge in [-0.05, 0) is 88.1 Å². The molecule has 172 valence electrons. The third kappa shape index (κ3) is 5.20. The number of hydrogen-bond donors (Lipinski definition) is 4. The summed E-state index contributed by atoms with van der Waals surface area (Å²) in [6.45, 7) is 4.42. The summed E-state index contributed by atoms with van der Waals surface area (Å²) in [4.78, 5) is 13.4. The lowest BCUT2D eigenvalue weighted by atomic mass is 9.74. The van der Waals surface area contributed by atoms with E-state index in [1.807, 2.05) is 7.11 Å². The smallest absolute Gasteiger partial charge is 0.239 e. The fourth-order valence-electron chi connectivity index (χ4n) is 6.76. The van der Waals surface area contributed by atoms with Crippen LogP contribution >= 0.6 is 0 Å². The SMILES string of the molecule is COC1CCC([C@@H](NC(=O)C2NNC(C3CCCCC3)C2C)C2CCNCC2)CC1. The second-order valence-corrected chi connectivity index (χ2v) is 10.4. The number of piperidine rings is 1. The molecule has 0 radical (unpaired) electrons. The lowest BCUT2D eigenvalue weighted by Gasteiger charge is -2.40. The van der Waals surface area contributed by atoms with E-state index < -0.39 is 0 Å². The molecule has 0 bridgehead atoms. The Balaban J connectivity index is 1.38. The molecular formula is C24H44N4O2. The highest BCUT2D eigenvalue weighted by molar-refractivity contribution is 5.82. The minimum Gasteiger partial charge on any atom is -0.381 e. The van der Waals surface area contributed by atoms with Gasteiger partial charge < -0.3 is 15.4 Å². The molecule has 6 heteroatoms. The molecule has 0 aromatic heterocycles. The molecule has 0 spiro atoms. The van der Waals surface area contributed by atoms with Crippen molar-refractivity contribution >= 4 is 5.91 Å². The van der Waals surface area contributed by atoms with Gasteiger partial charge in [0, 0.05) is 19.2 Å². The van der Waals surface area contributed by atoms with Crippen LogP contribution in [0.5, 0.6) is 0 Å². The van der Waals surface area contributed by atoms with E-state index in [9.17, 15) is 4.79 Å². The van der Waals surface area contributed by atoms with Crippen molar-refractivity contribution < 1.29 is 9.53 Å². The fraction of sp³-hybridized carbons (Fsp3) is 0.958. The number of methoxy groups -OCH3 is 1. The summed E-state index contributed by atoms with van der Waals surface area (Å²) in [5, 5.41) is 7.07. The Morgan fingerprint density at radius 1 is 0.900 bits per heavy atom. The molecule has 6 nitrogen and oxygen atoms in total. The normalized spacial score (nSPS) is 37.7. The number of amides is 1. The first-order chi connectivity index (χ1) is 14.7. The van der Waals surface area contributed by atoms with Crippen LogP contribution in [0.1, 0.15) is 77.6 Å². The van der Waals surface area contributed by atoms with E-state index in [1.54, 1.807) is 0 Å². The number of hydrazine groups is 1. The van der Waals surface area contributed by atoms with Gasteiger partial charge in [0.2, 0.25) is 5.91 Å². The quantitative estimate of drug-likeness (QED) is 0.532. The van der Waals surface area contributed by atoms with Gasteiger partial charge in [-0.15, -0.1) is 0 Å². The molecule has 2 saturated carbocycles. The molecule has 4 N–H and O–H groups in total. The fourth-order valence-corrected chi connectivity index (χ4v) is 6.76. The predicted octanol–water partition coefficient (Wildman–Crippen LogP) is 2.74. The number of hydrogen-bond acceptors (Lipinski definition) is 5. The minimum absolute atomic E-state index is 0.114. The average molecular weight is 421 g/mol. The Bertz CT molecular complexity index is 539. The van der Waals surface area contributed by atoms with E-state index >= 15 is 0 Å². The zero-order chi connectivity index (χ0) is 20.9. The number of carbonyl (C=O) groups is 1. The van der Waals surface area contributed by atoms with Crippen LogP contribution in [-0.4, -0.2) is 50.3 Å². The molecule has 0 aromatic rings. The summed E-state index contributed by atoms with van der Waals surface area (Å²) in [6.07, 6.45) is 14.0. The zero-order valence-corrected chi connectivity index (χ0v) is 19.1. The van der Waals surface area contributed by atoms with Crippen LogP contribution in [0, 0.1) is 23.7 Å². The molecule has 30 heavy (non-hydrogen) atoms. The van der Waals surface area contributed by atoms with Crippen LogP contribution in [0.2, 0.25) is 0 Å². The standard InChI is InChI=1S/C24H44N4O2/c1-16-21(17-6-4-3-5-7-17)27-28-22(16)24(29)26-23(19-12-14-25-15-13-19)18-8-10-20(30-2)11-9-18/h16-23,25,27-28H,3-15H2,1-2H3,(H,26,29)/t16?,18?,20?,21?,22?,23-/m1/s1. The van der Waals surface area contributed by atoms with E-state index in [1.165, 1.54) is 57.8 Å². The van der Waals surface area contributed by atoms with Crippen molar-refractivity contribution in [3.63, 3.8) is 0 Å². The maximum absolute atomic E-state index is 13.4. The van der Waals surface area contributed by atoms with Gasteiger partial charge in [-0.3, -0.25) is 10.2 Å². The van der Waals surface area contributed by atoms with Crippen molar-refractivity contribution in [2.75, 3.05) is 20.2 Å². The molecule has 2 heterocycles. The molecule has 2 aliphatic heterocycles. The summed E-state index contributed by atoms with van der Waals surface area (Å²) < 4.78 is 5.59. The first-order valence-electron chi connectivity index (χ1n) is 12.7. The molecule has 4 aliphatic rings. The first-order valence-corrected chi connectivity index (χ1v) is 12.7. The van der Waals surface area contributed by atoms with Crippen LogP contribution in [0.15, 0.2) is 0 Å². The van der Waals surface area contributed by atoms with Crippen molar-refractivity contribution in [2.45, 2.75) is 102 Å². The molecule has 4 rings (SSSR count). The van der Waals surface area contributed by atoms with Gasteiger partial charge in [0.15, 0.2) is 0 Å². The van der Waals surface area contributed by atoms with Gasteiger partial charge >= 0.3 is 0 Å². The maximum Gasteiger partial charge on any atom is 0.239 e.